The zero-order chi connectivity index (χ0) is 22.3. The van der Waals surface area contributed by atoms with E-state index < -0.39 is 11.8 Å². The maximum atomic E-state index is 12.5. The monoisotopic (exact) mass is 411 g/mol. The minimum Gasteiger partial charge on any atom is -0.494 e. The van der Waals surface area contributed by atoms with Gasteiger partial charge in [-0.2, -0.15) is 0 Å². The predicted octanol–water partition coefficient (Wildman–Crippen LogP) is 4.36. The van der Waals surface area contributed by atoms with Gasteiger partial charge in [0, 0.05) is 30.0 Å². The van der Waals surface area contributed by atoms with E-state index in [1.807, 2.05) is 64.1 Å². The van der Waals surface area contributed by atoms with Gasteiger partial charge in [0.1, 0.15) is 5.75 Å². The summed E-state index contributed by atoms with van der Waals surface area (Å²) in [5.41, 5.74) is 4.53. The number of benzene rings is 2. The van der Waals surface area contributed by atoms with E-state index in [2.05, 4.69) is 29.4 Å². The van der Waals surface area contributed by atoms with Gasteiger partial charge >= 0.3 is 11.8 Å². The highest BCUT2D eigenvalue weighted by Gasteiger charge is 2.20. The molecule has 6 heteroatoms. The fourth-order valence-electron chi connectivity index (χ4n) is 3.39. The van der Waals surface area contributed by atoms with Crippen LogP contribution in [0.3, 0.4) is 0 Å². The van der Waals surface area contributed by atoms with Gasteiger partial charge in [-0.3, -0.25) is 9.59 Å². The van der Waals surface area contributed by atoms with Crippen molar-refractivity contribution in [1.29, 1.82) is 0 Å². The molecule has 0 heterocycles. The topological polar surface area (TPSA) is 70.7 Å². The predicted molar refractivity (Wildman–Crippen MR) is 122 cm³/mol. The van der Waals surface area contributed by atoms with Crippen LogP contribution in [0, 0.1) is 13.8 Å². The summed E-state index contributed by atoms with van der Waals surface area (Å²) < 4.78 is 5.66. The summed E-state index contributed by atoms with van der Waals surface area (Å²) in [6.07, 6.45) is 0. The quantitative estimate of drug-likeness (QED) is 0.633. The number of ether oxygens (including phenoxy) is 1. The Hall–Kier alpha value is -3.02. The summed E-state index contributed by atoms with van der Waals surface area (Å²) >= 11 is 0. The molecule has 0 fully saturated rings. The molecule has 1 unspecified atom stereocenters. The van der Waals surface area contributed by atoms with E-state index in [0.717, 1.165) is 35.5 Å². The van der Waals surface area contributed by atoms with Crippen LogP contribution < -0.4 is 20.3 Å². The third kappa shape index (κ3) is 5.75. The van der Waals surface area contributed by atoms with Crippen molar-refractivity contribution in [2.24, 2.45) is 0 Å². The van der Waals surface area contributed by atoms with Crippen molar-refractivity contribution in [2.75, 3.05) is 29.9 Å². The zero-order valence-corrected chi connectivity index (χ0v) is 18.8. The second-order valence-corrected chi connectivity index (χ2v) is 7.30. The molecule has 0 aromatic heterocycles. The van der Waals surface area contributed by atoms with Gasteiger partial charge in [0.2, 0.25) is 0 Å². The summed E-state index contributed by atoms with van der Waals surface area (Å²) in [6, 6.07) is 11.3. The summed E-state index contributed by atoms with van der Waals surface area (Å²) in [5, 5.41) is 5.49. The zero-order valence-electron chi connectivity index (χ0n) is 18.8. The molecule has 2 aromatic carbocycles. The van der Waals surface area contributed by atoms with Crippen molar-refractivity contribution < 1.29 is 14.3 Å². The molecule has 2 N–H and O–H groups in total. The first-order valence-corrected chi connectivity index (χ1v) is 10.5. The number of carbonyl (C=O) groups excluding carboxylic acids is 2. The minimum atomic E-state index is -0.689. The molecule has 0 saturated carbocycles. The number of aryl methyl sites for hydroxylation is 2. The molecule has 6 nitrogen and oxygen atoms in total. The lowest BCUT2D eigenvalue weighted by molar-refractivity contribution is -0.136. The lowest BCUT2D eigenvalue weighted by Gasteiger charge is -2.22. The molecule has 30 heavy (non-hydrogen) atoms. The minimum absolute atomic E-state index is 0.365. The van der Waals surface area contributed by atoms with Crippen molar-refractivity contribution in [3.8, 4) is 5.75 Å². The Labute approximate surface area is 179 Å². The number of rotatable bonds is 8. The number of nitrogens with zero attached hydrogens (tertiary/aromatic N) is 1. The molecule has 2 amide bonds. The number of nitrogens with one attached hydrogen (secondary N) is 2. The van der Waals surface area contributed by atoms with E-state index in [-0.39, 0.29) is 6.04 Å². The first-order chi connectivity index (χ1) is 14.3. The molecule has 0 aliphatic carbocycles. The molecule has 0 radical (unpaired) electrons. The Balaban J connectivity index is 2.08. The Morgan fingerprint density at radius 2 is 1.70 bits per heavy atom. The van der Waals surface area contributed by atoms with E-state index in [1.165, 1.54) is 0 Å². The molecule has 2 rings (SSSR count). The third-order valence-electron chi connectivity index (χ3n) is 5.07. The van der Waals surface area contributed by atoms with E-state index in [4.69, 9.17) is 4.74 Å². The molecule has 162 valence electrons. The number of hydrogen-bond donors (Lipinski definition) is 2. The lowest BCUT2D eigenvalue weighted by atomic mass is 10.0. The Bertz CT molecular complexity index is 891. The highest BCUT2D eigenvalue weighted by molar-refractivity contribution is 6.39. The normalized spacial score (nSPS) is 11.5. The number of carbonyl (C=O) groups is 2. The van der Waals surface area contributed by atoms with Gasteiger partial charge in [-0.25, -0.2) is 0 Å². The Kier molecular flexibility index (Phi) is 8.27. The molecule has 0 aliphatic rings. The molecular formula is C24H33N3O3. The van der Waals surface area contributed by atoms with Gasteiger partial charge in [-0.15, -0.1) is 0 Å². The van der Waals surface area contributed by atoms with Gasteiger partial charge in [-0.1, -0.05) is 17.7 Å². The van der Waals surface area contributed by atoms with Gasteiger partial charge in [0.15, 0.2) is 0 Å². The summed E-state index contributed by atoms with van der Waals surface area (Å²) in [7, 11) is 0. The van der Waals surface area contributed by atoms with Crippen LogP contribution in [-0.4, -0.2) is 31.5 Å². The highest BCUT2D eigenvalue weighted by Crippen LogP contribution is 2.27. The number of anilines is 2. The number of hydrogen-bond acceptors (Lipinski definition) is 4. The second kappa shape index (κ2) is 10.7. The Morgan fingerprint density at radius 1 is 1.00 bits per heavy atom. The Morgan fingerprint density at radius 3 is 2.30 bits per heavy atom. The third-order valence-corrected chi connectivity index (χ3v) is 5.07. The summed E-state index contributed by atoms with van der Waals surface area (Å²) in [6.45, 7) is 14.2. The van der Waals surface area contributed by atoms with Crippen molar-refractivity contribution in [1.82, 2.24) is 5.32 Å². The highest BCUT2D eigenvalue weighted by atomic mass is 16.5. The van der Waals surface area contributed by atoms with Crippen LogP contribution in [-0.2, 0) is 9.59 Å². The van der Waals surface area contributed by atoms with Crippen LogP contribution in [0.15, 0.2) is 36.4 Å². The molecular weight excluding hydrogens is 378 g/mol. The molecule has 2 aromatic rings. The fraction of sp³-hybridized carbons (Fsp3) is 0.417. The van der Waals surface area contributed by atoms with Crippen molar-refractivity contribution >= 4 is 23.2 Å². The first kappa shape index (κ1) is 23.3. The standard InChI is InChI=1S/C24H33N3O3/c1-7-27(8-2)19-11-12-21(17(5)15-19)26-24(29)23(28)25-18(6)20-14-16(4)10-13-22(20)30-9-3/h10-15,18H,7-9H2,1-6H3,(H,25,28)(H,26,29). The van der Waals surface area contributed by atoms with E-state index in [9.17, 15) is 9.59 Å². The average molecular weight is 412 g/mol. The van der Waals surface area contributed by atoms with Crippen molar-refractivity contribution in [2.45, 2.75) is 47.6 Å². The van der Waals surface area contributed by atoms with Crippen LogP contribution >= 0.6 is 0 Å². The lowest BCUT2D eigenvalue weighted by Crippen LogP contribution is -2.37. The smallest absolute Gasteiger partial charge is 0.313 e. The second-order valence-electron chi connectivity index (χ2n) is 7.30. The molecule has 1 atom stereocenters. The molecule has 0 aliphatic heterocycles. The van der Waals surface area contributed by atoms with Crippen LogP contribution in [0.25, 0.3) is 0 Å². The van der Waals surface area contributed by atoms with E-state index in [1.54, 1.807) is 0 Å². The summed E-state index contributed by atoms with van der Waals surface area (Å²) in [5.74, 6) is -0.663. The van der Waals surface area contributed by atoms with Gasteiger partial charge < -0.3 is 20.3 Å². The molecule has 0 spiro atoms. The van der Waals surface area contributed by atoms with Crippen molar-refractivity contribution in [3.05, 3.63) is 53.1 Å². The van der Waals surface area contributed by atoms with Crippen LogP contribution in [0.2, 0.25) is 0 Å². The van der Waals surface area contributed by atoms with Gasteiger partial charge in [0.25, 0.3) is 0 Å². The number of amides is 2. The van der Waals surface area contributed by atoms with E-state index >= 15 is 0 Å². The maximum Gasteiger partial charge on any atom is 0.313 e. The molecule has 0 bridgehead atoms. The van der Waals surface area contributed by atoms with Crippen LogP contribution in [0.4, 0.5) is 11.4 Å². The summed E-state index contributed by atoms with van der Waals surface area (Å²) in [4.78, 5) is 27.2. The van der Waals surface area contributed by atoms with Gasteiger partial charge in [-0.05, 0) is 71.4 Å². The van der Waals surface area contributed by atoms with E-state index in [0.29, 0.717) is 18.0 Å². The van der Waals surface area contributed by atoms with Gasteiger partial charge in [0.05, 0.1) is 12.6 Å². The molecule has 0 saturated heterocycles. The largest absolute Gasteiger partial charge is 0.494 e. The SMILES string of the molecule is CCOc1ccc(C)cc1C(C)NC(=O)C(=O)Nc1ccc(N(CC)CC)cc1C. The van der Waals surface area contributed by atoms with Crippen LogP contribution in [0.5, 0.6) is 5.75 Å². The van der Waals surface area contributed by atoms with Crippen molar-refractivity contribution in [3.63, 3.8) is 0 Å². The van der Waals surface area contributed by atoms with Crippen LogP contribution in [0.1, 0.15) is 50.4 Å². The fourth-order valence-corrected chi connectivity index (χ4v) is 3.39. The maximum absolute atomic E-state index is 12.5. The average Bonchev–Trinajstić information content (AvgIpc) is 2.72. The first-order valence-electron chi connectivity index (χ1n) is 10.5.